The Morgan fingerprint density at radius 2 is 1.68 bits per heavy atom. The van der Waals surface area contributed by atoms with Crippen LogP contribution in [0, 0.1) is 13.8 Å². The number of piperazine rings is 1. The smallest absolute Gasteiger partial charge is 0.243 e. The lowest BCUT2D eigenvalue weighted by Gasteiger charge is -2.34. The van der Waals surface area contributed by atoms with Gasteiger partial charge in [-0.2, -0.15) is 4.31 Å². The molecule has 28 heavy (non-hydrogen) atoms. The van der Waals surface area contributed by atoms with Gasteiger partial charge < -0.3 is 9.32 Å². The number of carbonyl (C=O) groups is 1. The van der Waals surface area contributed by atoms with Crippen molar-refractivity contribution in [1.29, 1.82) is 0 Å². The zero-order valence-electron chi connectivity index (χ0n) is 16.6. The van der Waals surface area contributed by atoms with E-state index in [9.17, 15) is 13.2 Å². The number of rotatable bonds is 6. The molecule has 3 rings (SSSR count). The molecule has 2 aromatic rings. The van der Waals surface area contributed by atoms with E-state index in [1.807, 2.05) is 30.9 Å². The number of amides is 1. The molecule has 0 N–H and O–H groups in total. The van der Waals surface area contributed by atoms with E-state index in [0.29, 0.717) is 37.6 Å². The van der Waals surface area contributed by atoms with Crippen LogP contribution in [-0.2, 0) is 21.4 Å². The normalized spacial score (nSPS) is 16.2. The summed E-state index contributed by atoms with van der Waals surface area (Å²) in [5, 5.41) is 0. The van der Waals surface area contributed by atoms with Crippen molar-refractivity contribution in [1.82, 2.24) is 14.1 Å². The summed E-state index contributed by atoms with van der Waals surface area (Å²) in [6.45, 7) is 6.32. The fraction of sp³-hybridized carbons (Fsp3) is 0.450. The molecule has 0 unspecified atom stereocenters. The highest BCUT2D eigenvalue weighted by Crippen LogP contribution is 2.18. The average Bonchev–Trinajstić information content (AvgIpc) is 3.07. The Morgan fingerprint density at radius 1 is 1.04 bits per heavy atom. The molecule has 1 amide bonds. The molecule has 8 heteroatoms. The Kier molecular flexibility index (Phi) is 6.22. The zero-order chi connectivity index (χ0) is 20.3. The molecule has 152 valence electrons. The summed E-state index contributed by atoms with van der Waals surface area (Å²) in [6.07, 6.45) is 0. The number of sulfonamides is 1. The number of benzene rings is 1. The molecule has 1 aromatic carbocycles. The first kappa shape index (κ1) is 20.6. The molecule has 0 bridgehead atoms. The second-order valence-corrected chi connectivity index (χ2v) is 9.19. The molecule has 1 aromatic heterocycles. The summed E-state index contributed by atoms with van der Waals surface area (Å²) in [5.41, 5.74) is 1.02. The third-order valence-electron chi connectivity index (χ3n) is 4.96. The summed E-state index contributed by atoms with van der Waals surface area (Å²) < 4.78 is 32.5. The molecule has 2 heterocycles. The number of hydrogen-bond acceptors (Lipinski definition) is 5. The van der Waals surface area contributed by atoms with Gasteiger partial charge in [0.15, 0.2) is 0 Å². The number of nitrogens with zero attached hydrogens (tertiary/aromatic N) is 3. The van der Waals surface area contributed by atoms with Gasteiger partial charge in [-0.3, -0.25) is 9.69 Å². The molecule has 1 aliphatic heterocycles. The van der Waals surface area contributed by atoms with Gasteiger partial charge in [-0.15, -0.1) is 0 Å². The van der Waals surface area contributed by atoms with E-state index in [1.165, 1.54) is 4.31 Å². The summed E-state index contributed by atoms with van der Waals surface area (Å²) in [7, 11) is -1.74. The van der Waals surface area contributed by atoms with Gasteiger partial charge in [-0.1, -0.05) is 17.7 Å². The van der Waals surface area contributed by atoms with E-state index in [-0.39, 0.29) is 12.5 Å². The predicted octanol–water partition coefficient (Wildman–Crippen LogP) is 1.86. The molecule has 0 aliphatic carbocycles. The first-order chi connectivity index (χ1) is 13.3. The van der Waals surface area contributed by atoms with E-state index in [4.69, 9.17) is 4.42 Å². The third-order valence-corrected chi connectivity index (χ3v) is 6.88. The van der Waals surface area contributed by atoms with Gasteiger partial charge >= 0.3 is 0 Å². The van der Waals surface area contributed by atoms with Gasteiger partial charge in [0, 0.05) is 33.2 Å². The summed E-state index contributed by atoms with van der Waals surface area (Å²) >= 11 is 0. The Bertz CT molecular complexity index is 913. The van der Waals surface area contributed by atoms with Crippen molar-refractivity contribution in [2.24, 2.45) is 0 Å². The van der Waals surface area contributed by atoms with Crippen molar-refractivity contribution in [3.8, 4) is 0 Å². The van der Waals surface area contributed by atoms with E-state index in [2.05, 4.69) is 0 Å². The molecule has 0 spiro atoms. The maximum absolute atomic E-state index is 12.8. The maximum atomic E-state index is 12.8. The molecular formula is C20H27N3O4S. The Morgan fingerprint density at radius 3 is 2.25 bits per heavy atom. The van der Waals surface area contributed by atoms with E-state index in [0.717, 1.165) is 17.1 Å². The SMILES string of the molecule is Cc1ccc(S(=O)(=O)N2CCN(CC(=O)N(C)Cc3ccc(C)o3)CC2)cc1. The number of likely N-dealkylation sites (N-methyl/N-ethyl adjacent to an activating group) is 1. The van der Waals surface area contributed by atoms with Crippen LogP contribution in [0.3, 0.4) is 0 Å². The van der Waals surface area contributed by atoms with Gasteiger partial charge in [0.2, 0.25) is 15.9 Å². The third kappa shape index (κ3) is 4.81. The Balaban J connectivity index is 1.52. The fourth-order valence-electron chi connectivity index (χ4n) is 3.19. The Hall–Kier alpha value is -2.16. The quantitative estimate of drug-likeness (QED) is 0.733. The Labute approximate surface area is 166 Å². The molecule has 0 atom stereocenters. The van der Waals surface area contributed by atoms with Crippen molar-refractivity contribution < 1.29 is 17.6 Å². The van der Waals surface area contributed by atoms with Crippen LogP contribution in [0.1, 0.15) is 17.1 Å². The van der Waals surface area contributed by atoms with Gasteiger partial charge in [-0.05, 0) is 38.1 Å². The predicted molar refractivity (Wildman–Crippen MR) is 106 cm³/mol. The van der Waals surface area contributed by atoms with Crippen molar-refractivity contribution >= 4 is 15.9 Å². The van der Waals surface area contributed by atoms with Crippen LogP contribution in [0.2, 0.25) is 0 Å². The molecule has 0 radical (unpaired) electrons. The number of carbonyl (C=O) groups excluding carboxylic acids is 1. The van der Waals surface area contributed by atoms with Crippen molar-refractivity contribution in [3.05, 3.63) is 53.5 Å². The van der Waals surface area contributed by atoms with Gasteiger partial charge in [0.05, 0.1) is 18.0 Å². The van der Waals surface area contributed by atoms with Crippen LogP contribution in [0.4, 0.5) is 0 Å². The highest BCUT2D eigenvalue weighted by molar-refractivity contribution is 7.89. The van der Waals surface area contributed by atoms with E-state index in [1.54, 1.807) is 36.2 Å². The first-order valence-electron chi connectivity index (χ1n) is 9.34. The second-order valence-electron chi connectivity index (χ2n) is 7.26. The molecular weight excluding hydrogens is 378 g/mol. The summed E-state index contributed by atoms with van der Waals surface area (Å²) in [5.74, 6) is 1.56. The van der Waals surface area contributed by atoms with Crippen LogP contribution in [0.15, 0.2) is 45.7 Å². The summed E-state index contributed by atoms with van der Waals surface area (Å²) in [4.78, 5) is 16.4. The first-order valence-corrected chi connectivity index (χ1v) is 10.8. The van der Waals surface area contributed by atoms with Gasteiger partial charge in [-0.25, -0.2) is 8.42 Å². The minimum Gasteiger partial charge on any atom is -0.464 e. The van der Waals surface area contributed by atoms with Crippen LogP contribution in [0.25, 0.3) is 0 Å². The van der Waals surface area contributed by atoms with Gasteiger partial charge in [0.1, 0.15) is 11.5 Å². The number of aryl methyl sites for hydroxylation is 2. The highest BCUT2D eigenvalue weighted by Gasteiger charge is 2.29. The van der Waals surface area contributed by atoms with Crippen molar-refractivity contribution in [2.75, 3.05) is 39.8 Å². The van der Waals surface area contributed by atoms with Crippen molar-refractivity contribution in [3.63, 3.8) is 0 Å². The number of hydrogen-bond donors (Lipinski definition) is 0. The minimum absolute atomic E-state index is 0.0103. The van der Waals surface area contributed by atoms with Crippen LogP contribution in [-0.4, -0.2) is 68.2 Å². The van der Waals surface area contributed by atoms with Gasteiger partial charge in [0.25, 0.3) is 0 Å². The lowest BCUT2D eigenvalue weighted by Crippen LogP contribution is -2.51. The molecule has 0 saturated carbocycles. The monoisotopic (exact) mass is 405 g/mol. The molecule has 1 fully saturated rings. The largest absolute Gasteiger partial charge is 0.464 e. The standard InChI is InChI=1S/C20H27N3O4S/c1-16-4-8-19(9-5-16)28(25,26)23-12-10-22(11-13-23)15-20(24)21(3)14-18-7-6-17(2)27-18/h4-9H,10-15H2,1-3H3. The van der Waals surface area contributed by atoms with Crippen LogP contribution >= 0.6 is 0 Å². The van der Waals surface area contributed by atoms with Crippen molar-refractivity contribution in [2.45, 2.75) is 25.3 Å². The molecule has 1 saturated heterocycles. The van der Waals surface area contributed by atoms with Crippen LogP contribution < -0.4 is 0 Å². The lowest BCUT2D eigenvalue weighted by molar-refractivity contribution is -0.132. The fourth-order valence-corrected chi connectivity index (χ4v) is 4.61. The second kappa shape index (κ2) is 8.46. The van der Waals surface area contributed by atoms with E-state index < -0.39 is 10.0 Å². The minimum atomic E-state index is -3.49. The van der Waals surface area contributed by atoms with E-state index >= 15 is 0 Å². The van der Waals surface area contributed by atoms with Crippen LogP contribution in [0.5, 0.6) is 0 Å². The maximum Gasteiger partial charge on any atom is 0.243 e. The molecule has 7 nitrogen and oxygen atoms in total. The topological polar surface area (TPSA) is 74.1 Å². The number of furan rings is 1. The lowest BCUT2D eigenvalue weighted by atomic mass is 10.2. The highest BCUT2D eigenvalue weighted by atomic mass is 32.2. The molecule has 1 aliphatic rings. The average molecular weight is 406 g/mol. The zero-order valence-corrected chi connectivity index (χ0v) is 17.4. The summed E-state index contributed by atoms with van der Waals surface area (Å²) in [6, 6.07) is 10.6.